The second-order valence-corrected chi connectivity index (χ2v) is 8.10. The van der Waals surface area contributed by atoms with Crippen molar-refractivity contribution < 1.29 is 14.3 Å². The van der Waals surface area contributed by atoms with Crippen LogP contribution in [0.1, 0.15) is 41.4 Å². The highest BCUT2D eigenvalue weighted by Crippen LogP contribution is 2.31. The number of carbonyl (C=O) groups is 1. The summed E-state index contributed by atoms with van der Waals surface area (Å²) in [5, 5.41) is 0.686. The summed E-state index contributed by atoms with van der Waals surface area (Å²) in [5.41, 5.74) is 5.36. The first-order valence-electron chi connectivity index (χ1n) is 10.9. The molecular weight excluding hydrogens is 438 g/mol. The minimum Gasteiger partial charge on any atom is -0.465 e. The molecule has 3 rings (SSSR count). The van der Waals surface area contributed by atoms with Crippen LogP contribution < -0.4 is 4.90 Å². The van der Waals surface area contributed by atoms with Gasteiger partial charge in [0, 0.05) is 29.9 Å². The van der Waals surface area contributed by atoms with Gasteiger partial charge in [-0.2, -0.15) is 0 Å². The average Bonchev–Trinajstić information content (AvgIpc) is 3.31. The van der Waals surface area contributed by atoms with Gasteiger partial charge in [-0.05, 0) is 61.4 Å². The molecule has 1 aromatic heterocycles. The molecule has 0 spiro atoms. The van der Waals surface area contributed by atoms with Crippen LogP contribution in [0.4, 0.5) is 5.69 Å². The molecule has 1 heterocycles. The topological polar surface area (TPSA) is 67.5 Å². The van der Waals surface area contributed by atoms with Crippen molar-refractivity contribution in [2.75, 3.05) is 32.3 Å². The van der Waals surface area contributed by atoms with E-state index in [4.69, 9.17) is 21.1 Å². The number of hydrogen-bond acceptors (Lipinski definition) is 5. The second kappa shape index (κ2) is 11.7. The molecule has 0 radical (unpaired) electrons. The van der Waals surface area contributed by atoms with E-state index in [-0.39, 0.29) is 5.97 Å². The number of benzene rings is 2. The van der Waals surface area contributed by atoms with Gasteiger partial charge in [-0.25, -0.2) is 9.78 Å². The van der Waals surface area contributed by atoms with Crippen LogP contribution in [0.5, 0.6) is 0 Å². The number of esters is 1. The summed E-state index contributed by atoms with van der Waals surface area (Å²) in [6.45, 7) is 5.32. The number of aromatic amines is 1. The van der Waals surface area contributed by atoms with E-state index in [0.29, 0.717) is 23.7 Å². The van der Waals surface area contributed by atoms with Gasteiger partial charge in [0.2, 0.25) is 0 Å². The number of imidazole rings is 1. The molecule has 0 aliphatic carbocycles. The molecule has 0 saturated heterocycles. The highest BCUT2D eigenvalue weighted by molar-refractivity contribution is 6.30. The number of unbranched alkanes of at least 4 members (excludes halogenated alkanes) is 1. The summed E-state index contributed by atoms with van der Waals surface area (Å²) in [6, 6.07) is 13.2. The van der Waals surface area contributed by atoms with Gasteiger partial charge in [-0.15, -0.1) is 0 Å². The number of H-pyrrole nitrogens is 1. The monoisotopic (exact) mass is 467 g/mol. The molecule has 6 nitrogen and oxygen atoms in total. The summed E-state index contributed by atoms with van der Waals surface area (Å²) in [6.07, 6.45) is 5.99. The van der Waals surface area contributed by atoms with Crippen molar-refractivity contribution in [2.24, 2.45) is 0 Å². The van der Waals surface area contributed by atoms with Crippen LogP contribution in [0.2, 0.25) is 5.02 Å². The zero-order chi connectivity index (χ0) is 23.8. The van der Waals surface area contributed by atoms with Gasteiger partial charge in [-0.3, -0.25) is 0 Å². The van der Waals surface area contributed by atoms with Gasteiger partial charge in [0.15, 0.2) is 0 Å². The van der Waals surface area contributed by atoms with Crippen LogP contribution in [0.25, 0.3) is 17.1 Å². The normalized spacial score (nSPS) is 11.5. The molecule has 3 aromatic rings. The number of carbonyl (C=O) groups excluding carboxylic acids is 1. The fourth-order valence-electron chi connectivity index (χ4n) is 3.61. The predicted octanol–water partition coefficient (Wildman–Crippen LogP) is 6.12. The maximum Gasteiger partial charge on any atom is 0.337 e. The third-order valence-corrected chi connectivity index (χ3v) is 5.57. The molecule has 33 heavy (non-hydrogen) atoms. The number of aromatic nitrogens is 2. The molecular formula is C26H30ClN3O3. The summed E-state index contributed by atoms with van der Waals surface area (Å²) in [4.78, 5) is 22.3. The molecule has 1 N–H and O–H groups in total. The van der Waals surface area contributed by atoms with Crippen molar-refractivity contribution in [2.45, 2.75) is 26.7 Å². The van der Waals surface area contributed by atoms with E-state index in [1.165, 1.54) is 7.11 Å². The number of halogens is 1. The van der Waals surface area contributed by atoms with Crippen molar-refractivity contribution in [3.05, 3.63) is 76.6 Å². The molecule has 0 aliphatic rings. The fourth-order valence-corrected chi connectivity index (χ4v) is 3.73. The Morgan fingerprint density at radius 1 is 1.18 bits per heavy atom. The first-order valence-corrected chi connectivity index (χ1v) is 11.3. The molecule has 0 unspecified atom stereocenters. The number of hydrogen-bond donors (Lipinski definition) is 1. The molecule has 174 valence electrons. The summed E-state index contributed by atoms with van der Waals surface area (Å²) >= 11 is 6.04. The summed E-state index contributed by atoms with van der Waals surface area (Å²) in [7, 11) is 3.08. The minimum absolute atomic E-state index is 0.351. The Morgan fingerprint density at radius 2 is 1.94 bits per heavy atom. The number of ether oxygens (including phenoxy) is 2. The maximum atomic E-state index is 12.0. The lowest BCUT2D eigenvalue weighted by Gasteiger charge is -2.29. The number of nitrogens with zero attached hydrogens (tertiary/aromatic N) is 2. The predicted molar refractivity (Wildman–Crippen MR) is 134 cm³/mol. The van der Waals surface area contributed by atoms with E-state index in [9.17, 15) is 4.79 Å². The number of methoxy groups -OCH3 is 2. The highest BCUT2D eigenvalue weighted by Gasteiger charge is 2.19. The van der Waals surface area contributed by atoms with E-state index in [2.05, 4.69) is 27.9 Å². The van der Waals surface area contributed by atoms with Gasteiger partial charge in [-0.1, -0.05) is 31.0 Å². The molecule has 0 fully saturated rings. The molecule has 0 aliphatic heterocycles. The number of anilines is 1. The smallest absolute Gasteiger partial charge is 0.337 e. The minimum atomic E-state index is -0.351. The number of aryl methyl sites for hydroxylation is 1. The van der Waals surface area contributed by atoms with Crippen LogP contribution in [0.15, 0.2) is 54.7 Å². The quantitative estimate of drug-likeness (QED) is 0.364. The van der Waals surface area contributed by atoms with Gasteiger partial charge in [0.1, 0.15) is 5.82 Å². The SMILES string of the molecule is CCCC=C(c1cnc(-c2ccc(Cl)cc2)[nH]1)N(CCOC)c1ccc(C(=O)OC)cc1C. The van der Waals surface area contributed by atoms with Crippen LogP contribution in [0, 0.1) is 6.92 Å². The Labute approximate surface area is 200 Å². The van der Waals surface area contributed by atoms with Gasteiger partial charge >= 0.3 is 5.97 Å². The second-order valence-electron chi connectivity index (χ2n) is 7.67. The van der Waals surface area contributed by atoms with Crippen LogP contribution in [-0.4, -0.2) is 43.3 Å². The Bertz CT molecular complexity index is 1110. The average molecular weight is 468 g/mol. The summed E-state index contributed by atoms with van der Waals surface area (Å²) in [5.74, 6) is 0.421. The molecule has 0 bridgehead atoms. The van der Waals surface area contributed by atoms with E-state index >= 15 is 0 Å². The molecule has 0 saturated carbocycles. The Kier molecular flexibility index (Phi) is 8.69. The van der Waals surface area contributed by atoms with E-state index in [0.717, 1.165) is 46.9 Å². The number of allylic oxidation sites excluding steroid dienone is 1. The molecule has 2 aromatic carbocycles. The highest BCUT2D eigenvalue weighted by atomic mass is 35.5. The third kappa shape index (κ3) is 6.03. The first-order chi connectivity index (χ1) is 16.0. The van der Waals surface area contributed by atoms with Crippen LogP contribution in [-0.2, 0) is 9.47 Å². The third-order valence-electron chi connectivity index (χ3n) is 5.31. The van der Waals surface area contributed by atoms with E-state index in [1.807, 2.05) is 49.5 Å². The van der Waals surface area contributed by atoms with Crippen molar-refractivity contribution in [3.63, 3.8) is 0 Å². The lowest BCUT2D eigenvalue weighted by molar-refractivity contribution is 0.0600. The van der Waals surface area contributed by atoms with Crippen LogP contribution >= 0.6 is 11.6 Å². The van der Waals surface area contributed by atoms with Crippen molar-refractivity contribution >= 4 is 29.0 Å². The van der Waals surface area contributed by atoms with Crippen molar-refractivity contribution in [3.8, 4) is 11.4 Å². The zero-order valence-electron chi connectivity index (χ0n) is 19.5. The van der Waals surface area contributed by atoms with Crippen molar-refractivity contribution in [1.82, 2.24) is 9.97 Å². The standard InChI is InChI=1S/C26H30ClN3O3/c1-5-6-7-24(22-17-28-25(29-22)19-8-11-21(27)12-9-19)30(14-15-32-3)23-13-10-20(16-18(23)2)26(31)33-4/h7-13,16-17H,5-6,14-15H2,1-4H3,(H,28,29). The Morgan fingerprint density at radius 3 is 2.58 bits per heavy atom. The lowest BCUT2D eigenvalue weighted by Crippen LogP contribution is -2.27. The van der Waals surface area contributed by atoms with Crippen LogP contribution in [0.3, 0.4) is 0 Å². The fraction of sp³-hybridized carbons (Fsp3) is 0.308. The molecule has 7 heteroatoms. The molecule has 0 atom stereocenters. The lowest BCUT2D eigenvalue weighted by atomic mass is 10.1. The van der Waals surface area contributed by atoms with Gasteiger partial charge < -0.3 is 19.4 Å². The van der Waals surface area contributed by atoms with Gasteiger partial charge in [0.05, 0.1) is 36.9 Å². The molecule has 0 amide bonds. The zero-order valence-corrected chi connectivity index (χ0v) is 20.3. The summed E-state index contributed by atoms with van der Waals surface area (Å²) < 4.78 is 10.3. The maximum absolute atomic E-state index is 12.0. The Hall–Kier alpha value is -3.09. The first kappa shape index (κ1) is 24.6. The van der Waals surface area contributed by atoms with E-state index in [1.54, 1.807) is 13.2 Å². The van der Waals surface area contributed by atoms with Gasteiger partial charge in [0.25, 0.3) is 0 Å². The largest absolute Gasteiger partial charge is 0.465 e. The Balaban J connectivity index is 2.04. The number of nitrogens with one attached hydrogen (secondary N) is 1. The van der Waals surface area contributed by atoms with Crippen molar-refractivity contribution in [1.29, 1.82) is 0 Å². The number of rotatable bonds is 10. The van der Waals surface area contributed by atoms with E-state index < -0.39 is 0 Å².